The third kappa shape index (κ3) is 4.07. The maximum absolute atomic E-state index is 12.6. The highest BCUT2D eigenvalue weighted by molar-refractivity contribution is 5.93. The third-order valence-electron chi connectivity index (χ3n) is 3.92. The fraction of sp³-hybridized carbons (Fsp3) is 0.200. The third-order valence-corrected chi connectivity index (χ3v) is 3.92. The highest BCUT2D eigenvalue weighted by Gasteiger charge is 2.14. The minimum absolute atomic E-state index is 0.127. The highest BCUT2D eigenvalue weighted by Crippen LogP contribution is 2.13. The number of carbonyl (C=O) groups excluding carboxylic acids is 1. The van der Waals surface area contributed by atoms with Crippen molar-refractivity contribution in [2.75, 3.05) is 13.7 Å². The van der Waals surface area contributed by atoms with Crippen LogP contribution in [0.5, 0.6) is 5.75 Å². The van der Waals surface area contributed by atoms with Crippen LogP contribution in [-0.4, -0.2) is 29.3 Å². The summed E-state index contributed by atoms with van der Waals surface area (Å²) < 4.78 is 6.83. The Labute approximate surface area is 147 Å². The summed E-state index contributed by atoms with van der Waals surface area (Å²) >= 11 is 0. The average Bonchev–Trinajstić information content (AvgIpc) is 3.05. The maximum Gasteiger partial charge on any atom is 0.270 e. The minimum Gasteiger partial charge on any atom is -0.497 e. The lowest BCUT2D eigenvalue weighted by atomic mass is 10.1. The van der Waals surface area contributed by atoms with E-state index in [9.17, 15) is 4.79 Å². The van der Waals surface area contributed by atoms with Crippen molar-refractivity contribution in [2.24, 2.45) is 0 Å². The topological polar surface area (TPSA) is 56.1 Å². The fourth-order valence-electron chi connectivity index (χ4n) is 2.63. The molecule has 0 radical (unpaired) electrons. The first-order valence-corrected chi connectivity index (χ1v) is 8.20. The van der Waals surface area contributed by atoms with E-state index in [-0.39, 0.29) is 5.91 Å². The summed E-state index contributed by atoms with van der Waals surface area (Å²) in [6.45, 7) is 2.44. The second-order valence-corrected chi connectivity index (χ2v) is 5.77. The van der Waals surface area contributed by atoms with Gasteiger partial charge in [0.25, 0.3) is 5.91 Å². The smallest absolute Gasteiger partial charge is 0.270 e. The Bertz CT molecular complexity index is 839. The van der Waals surface area contributed by atoms with Gasteiger partial charge in [-0.25, -0.2) is 4.68 Å². The molecule has 5 heteroatoms. The normalized spacial score (nSPS) is 10.5. The van der Waals surface area contributed by atoms with E-state index in [2.05, 4.69) is 10.4 Å². The van der Waals surface area contributed by atoms with Crippen molar-refractivity contribution in [3.05, 3.63) is 77.6 Å². The molecule has 3 aromatic rings. The van der Waals surface area contributed by atoms with Gasteiger partial charge in [0, 0.05) is 6.54 Å². The molecule has 5 nitrogen and oxygen atoms in total. The van der Waals surface area contributed by atoms with E-state index in [0.717, 1.165) is 29.1 Å². The zero-order valence-electron chi connectivity index (χ0n) is 14.4. The van der Waals surface area contributed by atoms with Crippen molar-refractivity contribution >= 4 is 5.91 Å². The first-order chi connectivity index (χ1) is 12.2. The summed E-state index contributed by atoms with van der Waals surface area (Å²) in [7, 11) is 1.65. The van der Waals surface area contributed by atoms with Crippen LogP contribution in [0.2, 0.25) is 0 Å². The summed E-state index contributed by atoms with van der Waals surface area (Å²) in [4.78, 5) is 12.6. The molecular formula is C20H21N3O2. The summed E-state index contributed by atoms with van der Waals surface area (Å²) in [5.41, 5.74) is 3.37. The lowest BCUT2D eigenvalue weighted by Crippen LogP contribution is -2.27. The number of nitrogens with one attached hydrogen (secondary N) is 1. The summed E-state index contributed by atoms with van der Waals surface area (Å²) in [5.74, 6) is 0.702. The van der Waals surface area contributed by atoms with Crippen LogP contribution in [0.25, 0.3) is 5.69 Å². The molecule has 0 spiro atoms. The number of hydrogen-bond acceptors (Lipinski definition) is 3. The fourth-order valence-corrected chi connectivity index (χ4v) is 2.63. The van der Waals surface area contributed by atoms with Crippen LogP contribution in [0, 0.1) is 6.92 Å². The predicted octanol–water partition coefficient (Wildman–Crippen LogP) is 3.16. The van der Waals surface area contributed by atoms with Gasteiger partial charge < -0.3 is 10.1 Å². The molecule has 1 amide bonds. The van der Waals surface area contributed by atoms with Crippen molar-refractivity contribution in [3.63, 3.8) is 0 Å². The highest BCUT2D eigenvalue weighted by atomic mass is 16.5. The van der Waals surface area contributed by atoms with Gasteiger partial charge in [0.05, 0.1) is 18.5 Å². The monoisotopic (exact) mass is 335 g/mol. The van der Waals surface area contributed by atoms with E-state index in [1.165, 1.54) is 0 Å². The largest absolute Gasteiger partial charge is 0.497 e. The average molecular weight is 335 g/mol. The van der Waals surface area contributed by atoms with E-state index < -0.39 is 0 Å². The number of amides is 1. The molecule has 0 saturated carbocycles. The van der Waals surface area contributed by atoms with Crippen LogP contribution in [-0.2, 0) is 6.42 Å². The second kappa shape index (κ2) is 7.66. The van der Waals surface area contributed by atoms with E-state index >= 15 is 0 Å². The van der Waals surface area contributed by atoms with Crippen LogP contribution >= 0.6 is 0 Å². The van der Waals surface area contributed by atoms with E-state index in [1.54, 1.807) is 17.9 Å². The lowest BCUT2D eigenvalue weighted by molar-refractivity contribution is 0.0946. The van der Waals surface area contributed by atoms with Crippen molar-refractivity contribution in [2.45, 2.75) is 13.3 Å². The number of rotatable bonds is 6. The molecular weight excluding hydrogens is 314 g/mol. The minimum atomic E-state index is -0.127. The molecule has 0 bridgehead atoms. The van der Waals surface area contributed by atoms with Gasteiger partial charge in [-0.1, -0.05) is 30.3 Å². The van der Waals surface area contributed by atoms with Gasteiger partial charge in [-0.15, -0.1) is 0 Å². The molecule has 0 fully saturated rings. The van der Waals surface area contributed by atoms with Crippen molar-refractivity contribution in [3.8, 4) is 11.4 Å². The van der Waals surface area contributed by atoms with Gasteiger partial charge in [0.1, 0.15) is 11.4 Å². The zero-order chi connectivity index (χ0) is 17.6. The summed E-state index contributed by atoms with van der Waals surface area (Å²) in [6.07, 6.45) is 0.758. The van der Waals surface area contributed by atoms with Gasteiger partial charge in [-0.05, 0) is 49.2 Å². The molecule has 0 saturated heterocycles. The van der Waals surface area contributed by atoms with Gasteiger partial charge in [-0.3, -0.25) is 4.79 Å². The molecule has 1 heterocycles. The Morgan fingerprint density at radius 2 is 1.84 bits per heavy atom. The van der Waals surface area contributed by atoms with Gasteiger partial charge in [-0.2, -0.15) is 5.10 Å². The Morgan fingerprint density at radius 1 is 1.12 bits per heavy atom. The second-order valence-electron chi connectivity index (χ2n) is 5.77. The first kappa shape index (κ1) is 16.8. The molecule has 0 aliphatic heterocycles. The molecule has 0 atom stereocenters. The number of aromatic nitrogens is 2. The molecule has 25 heavy (non-hydrogen) atoms. The number of hydrogen-bond donors (Lipinski definition) is 1. The number of para-hydroxylation sites is 1. The van der Waals surface area contributed by atoms with Crippen molar-refractivity contribution in [1.82, 2.24) is 15.1 Å². The Morgan fingerprint density at radius 3 is 2.52 bits per heavy atom. The Hall–Kier alpha value is -3.08. The summed E-state index contributed by atoms with van der Waals surface area (Å²) in [6, 6.07) is 19.3. The number of methoxy groups -OCH3 is 1. The SMILES string of the molecule is COc1ccc(CCNC(=O)c2cc(C)nn2-c2ccccc2)cc1. The van der Waals surface area contributed by atoms with Crippen LogP contribution in [0.3, 0.4) is 0 Å². The van der Waals surface area contributed by atoms with Crippen LogP contribution < -0.4 is 10.1 Å². The number of benzene rings is 2. The molecule has 2 aromatic carbocycles. The standard InChI is InChI=1S/C20H21N3O2/c1-15-14-19(23(22-15)17-6-4-3-5-7-17)20(24)21-13-12-16-8-10-18(25-2)11-9-16/h3-11,14H,12-13H2,1-2H3,(H,21,24). The van der Waals surface area contributed by atoms with Crippen LogP contribution in [0.1, 0.15) is 21.7 Å². The van der Waals surface area contributed by atoms with E-state index in [4.69, 9.17) is 4.74 Å². The number of aryl methyl sites for hydroxylation is 1. The molecule has 1 aromatic heterocycles. The Balaban J connectivity index is 1.65. The first-order valence-electron chi connectivity index (χ1n) is 8.20. The summed E-state index contributed by atoms with van der Waals surface area (Å²) in [5, 5.41) is 7.40. The molecule has 0 unspecified atom stereocenters. The van der Waals surface area contributed by atoms with Gasteiger partial charge in [0.15, 0.2) is 0 Å². The lowest BCUT2D eigenvalue weighted by Gasteiger charge is -2.09. The molecule has 0 aliphatic rings. The van der Waals surface area contributed by atoms with Gasteiger partial charge in [0.2, 0.25) is 0 Å². The number of carbonyl (C=O) groups is 1. The maximum atomic E-state index is 12.6. The van der Waals surface area contributed by atoms with E-state index in [0.29, 0.717) is 12.2 Å². The van der Waals surface area contributed by atoms with Crippen LogP contribution in [0.4, 0.5) is 0 Å². The van der Waals surface area contributed by atoms with E-state index in [1.807, 2.05) is 61.5 Å². The zero-order valence-corrected chi connectivity index (χ0v) is 14.4. The molecule has 128 valence electrons. The molecule has 1 N–H and O–H groups in total. The van der Waals surface area contributed by atoms with Crippen molar-refractivity contribution in [1.29, 1.82) is 0 Å². The van der Waals surface area contributed by atoms with Crippen LogP contribution in [0.15, 0.2) is 60.7 Å². The quantitative estimate of drug-likeness (QED) is 0.753. The predicted molar refractivity (Wildman–Crippen MR) is 97.3 cm³/mol. The Kier molecular flexibility index (Phi) is 5.14. The van der Waals surface area contributed by atoms with Crippen molar-refractivity contribution < 1.29 is 9.53 Å². The number of nitrogens with zero attached hydrogens (tertiary/aromatic N) is 2. The van der Waals surface area contributed by atoms with Gasteiger partial charge >= 0.3 is 0 Å². The molecule has 0 aliphatic carbocycles. The number of ether oxygens (including phenoxy) is 1. The molecule has 3 rings (SSSR count).